The second-order valence-electron chi connectivity index (χ2n) is 5.76. The van der Waals surface area contributed by atoms with Crippen LogP contribution in [-0.4, -0.2) is 25.5 Å². The maximum Gasteiger partial charge on any atom is 0.340 e. The molecule has 0 aromatic heterocycles. The summed E-state index contributed by atoms with van der Waals surface area (Å²) in [5.74, 6) is -0.859. The predicted octanol–water partition coefficient (Wildman–Crippen LogP) is 3.32. The molecule has 0 radical (unpaired) electrons. The molecule has 0 heterocycles. The van der Waals surface area contributed by atoms with Gasteiger partial charge in [-0.3, -0.25) is 4.79 Å². The van der Waals surface area contributed by atoms with Crippen LogP contribution in [0.15, 0.2) is 48.5 Å². The Morgan fingerprint density at radius 1 is 1.08 bits per heavy atom. The summed E-state index contributed by atoms with van der Waals surface area (Å²) in [7, 11) is 1.73. The molecule has 2 aromatic carbocycles. The first kappa shape index (κ1) is 18.5. The third kappa shape index (κ3) is 5.08. The van der Waals surface area contributed by atoms with Gasteiger partial charge in [-0.2, -0.15) is 0 Å². The van der Waals surface area contributed by atoms with Crippen LogP contribution < -0.4 is 10.6 Å². The average molecular weight is 340 g/mol. The minimum Gasteiger partial charge on any atom is -0.452 e. The van der Waals surface area contributed by atoms with Gasteiger partial charge < -0.3 is 15.4 Å². The molecule has 5 heteroatoms. The van der Waals surface area contributed by atoms with Gasteiger partial charge in [0.15, 0.2) is 6.61 Å². The van der Waals surface area contributed by atoms with Crippen LogP contribution in [0.2, 0.25) is 0 Å². The van der Waals surface area contributed by atoms with E-state index in [1.165, 1.54) is 5.56 Å². The minimum atomic E-state index is -0.528. The standard InChI is InChI=1S/C20H24N2O3/c1-4-15-9-11-16(12-10-15)14(2)22-19(23)13-25-20(24)17-7-5-6-8-18(17)21-3/h5-12,14,21H,4,13H2,1-3H3,(H,22,23)/t14-/m1/s1. The number of amides is 1. The van der Waals surface area contributed by atoms with E-state index in [4.69, 9.17) is 4.74 Å². The number of para-hydroxylation sites is 1. The van der Waals surface area contributed by atoms with Gasteiger partial charge in [0.05, 0.1) is 11.6 Å². The number of esters is 1. The molecular weight excluding hydrogens is 316 g/mol. The summed E-state index contributed by atoms with van der Waals surface area (Å²) in [6.45, 7) is 3.69. The van der Waals surface area contributed by atoms with Gasteiger partial charge in [-0.25, -0.2) is 4.79 Å². The second-order valence-corrected chi connectivity index (χ2v) is 5.76. The molecule has 0 unspecified atom stereocenters. The van der Waals surface area contributed by atoms with Crippen LogP contribution in [0, 0.1) is 0 Å². The van der Waals surface area contributed by atoms with Gasteiger partial charge in [0.25, 0.3) is 5.91 Å². The van der Waals surface area contributed by atoms with Crippen LogP contribution in [-0.2, 0) is 16.0 Å². The summed E-state index contributed by atoms with van der Waals surface area (Å²) in [5, 5.41) is 5.76. The number of aryl methyl sites for hydroxylation is 1. The van der Waals surface area contributed by atoms with E-state index in [2.05, 4.69) is 17.6 Å². The molecule has 0 fully saturated rings. The Morgan fingerprint density at radius 3 is 2.40 bits per heavy atom. The molecule has 0 aliphatic rings. The molecule has 0 saturated heterocycles. The summed E-state index contributed by atoms with van der Waals surface area (Å²) >= 11 is 0. The largest absolute Gasteiger partial charge is 0.452 e. The number of anilines is 1. The fourth-order valence-corrected chi connectivity index (χ4v) is 2.50. The molecule has 1 atom stereocenters. The van der Waals surface area contributed by atoms with Crippen LogP contribution in [0.3, 0.4) is 0 Å². The lowest BCUT2D eigenvalue weighted by atomic mass is 10.1. The smallest absolute Gasteiger partial charge is 0.340 e. The van der Waals surface area contributed by atoms with E-state index in [0.717, 1.165) is 12.0 Å². The van der Waals surface area contributed by atoms with Crippen molar-refractivity contribution in [2.45, 2.75) is 26.3 Å². The first-order valence-electron chi connectivity index (χ1n) is 8.37. The van der Waals surface area contributed by atoms with Crippen molar-refractivity contribution >= 4 is 17.6 Å². The molecule has 0 saturated carbocycles. The maximum atomic E-state index is 12.1. The molecule has 0 aliphatic heterocycles. The first-order chi connectivity index (χ1) is 12.0. The third-order valence-corrected chi connectivity index (χ3v) is 4.02. The Bertz CT molecular complexity index is 726. The number of carbonyl (C=O) groups is 2. The Hall–Kier alpha value is -2.82. The molecule has 25 heavy (non-hydrogen) atoms. The molecular formula is C20H24N2O3. The van der Waals surface area contributed by atoms with Crippen LogP contribution in [0.4, 0.5) is 5.69 Å². The normalized spacial score (nSPS) is 11.5. The number of hydrogen-bond donors (Lipinski definition) is 2. The highest BCUT2D eigenvalue weighted by molar-refractivity contribution is 5.96. The van der Waals surface area contributed by atoms with Gasteiger partial charge in [-0.15, -0.1) is 0 Å². The van der Waals surface area contributed by atoms with Crippen LogP contribution in [0.25, 0.3) is 0 Å². The molecule has 2 aromatic rings. The predicted molar refractivity (Wildman–Crippen MR) is 98.6 cm³/mol. The van der Waals surface area contributed by atoms with Gasteiger partial charge >= 0.3 is 5.97 Å². The fourth-order valence-electron chi connectivity index (χ4n) is 2.50. The van der Waals surface area contributed by atoms with Gasteiger partial charge in [0.1, 0.15) is 0 Å². The number of nitrogens with one attached hydrogen (secondary N) is 2. The van der Waals surface area contributed by atoms with E-state index in [-0.39, 0.29) is 18.6 Å². The summed E-state index contributed by atoms with van der Waals surface area (Å²) in [5.41, 5.74) is 3.33. The molecule has 2 N–H and O–H groups in total. The molecule has 0 bridgehead atoms. The van der Waals surface area contributed by atoms with Crippen molar-refractivity contribution in [3.05, 3.63) is 65.2 Å². The molecule has 0 spiro atoms. The van der Waals surface area contributed by atoms with E-state index >= 15 is 0 Å². The second kappa shape index (κ2) is 8.87. The van der Waals surface area contributed by atoms with E-state index in [1.54, 1.807) is 25.2 Å². The zero-order valence-corrected chi connectivity index (χ0v) is 14.8. The summed E-state index contributed by atoms with van der Waals surface area (Å²) < 4.78 is 5.11. The molecule has 5 nitrogen and oxygen atoms in total. The van der Waals surface area contributed by atoms with Gasteiger partial charge in [0, 0.05) is 12.7 Å². The molecule has 1 amide bonds. The lowest BCUT2D eigenvalue weighted by Crippen LogP contribution is -2.31. The van der Waals surface area contributed by atoms with E-state index < -0.39 is 5.97 Å². The van der Waals surface area contributed by atoms with Crippen molar-refractivity contribution in [1.82, 2.24) is 5.32 Å². The first-order valence-corrected chi connectivity index (χ1v) is 8.37. The number of rotatable bonds is 7. The average Bonchev–Trinajstić information content (AvgIpc) is 2.66. The number of carbonyl (C=O) groups excluding carboxylic acids is 2. The Balaban J connectivity index is 1.88. The Morgan fingerprint density at radius 2 is 1.76 bits per heavy atom. The van der Waals surface area contributed by atoms with Crippen molar-refractivity contribution in [2.75, 3.05) is 19.0 Å². The molecule has 2 rings (SSSR count). The minimum absolute atomic E-state index is 0.151. The number of benzene rings is 2. The summed E-state index contributed by atoms with van der Waals surface area (Å²) in [6.07, 6.45) is 0.977. The van der Waals surface area contributed by atoms with Crippen LogP contribution in [0.1, 0.15) is 41.4 Å². The quantitative estimate of drug-likeness (QED) is 0.759. The van der Waals surface area contributed by atoms with E-state index in [0.29, 0.717) is 11.3 Å². The Kier molecular flexibility index (Phi) is 6.57. The third-order valence-electron chi connectivity index (χ3n) is 4.02. The molecule has 132 valence electrons. The van der Waals surface area contributed by atoms with E-state index in [9.17, 15) is 9.59 Å². The summed E-state index contributed by atoms with van der Waals surface area (Å²) in [6, 6.07) is 14.9. The highest BCUT2D eigenvalue weighted by atomic mass is 16.5. The van der Waals surface area contributed by atoms with Crippen LogP contribution in [0.5, 0.6) is 0 Å². The zero-order chi connectivity index (χ0) is 18.2. The highest BCUT2D eigenvalue weighted by Crippen LogP contribution is 2.16. The number of ether oxygens (including phenoxy) is 1. The van der Waals surface area contributed by atoms with Crippen LogP contribution >= 0.6 is 0 Å². The van der Waals surface area contributed by atoms with Gasteiger partial charge in [-0.1, -0.05) is 43.3 Å². The maximum absolute atomic E-state index is 12.1. The van der Waals surface area contributed by atoms with Crippen molar-refractivity contribution in [2.24, 2.45) is 0 Å². The highest BCUT2D eigenvalue weighted by Gasteiger charge is 2.15. The van der Waals surface area contributed by atoms with E-state index in [1.807, 2.05) is 37.3 Å². The Labute approximate surface area is 148 Å². The summed E-state index contributed by atoms with van der Waals surface area (Å²) in [4.78, 5) is 24.1. The lowest BCUT2D eigenvalue weighted by molar-refractivity contribution is -0.124. The van der Waals surface area contributed by atoms with Gasteiger partial charge in [0.2, 0.25) is 0 Å². The SMILES string of the molecule is CCc1ccc([C@@H](C)NC(=O)COC(=O)c2ccccc2NC)cc1. The van der Waals surface area contributed by atoms with Crippen molar-refractivity contribution < 1.29 is 14.3 Å². The fraction of sp³-hybridized carbons (Fsp3) is 0.300. The monoisotopic (exact) mass is 340 g/mol. The topological polar surface area (TPSA) is 67.4 Å². The van der Waals surface area contributed by atoms with Crippen molar-refractivity contribution in [1.29, 1.82) is 0 Å². The molecule has 0 aliphatic carbocycles. The van der Waals surface area contributed by atoms with Crippen molar-refractivity contribution in [3.63, 3.8) is 0 Å². The van der Waals surface area contributed by atoms with Gasteiger partial charge in [-0.05, 0) is 36.6 Å². The lowest BCUT2D eigenvalue weighted by Gasteiger charge is -2.15. The van der Waals surface area contributed by atoms with Crippen molar-refractivity contribution in [3.8, 4) is 0 Å². The number of hydrogen-bond acceptors (Lipinski definition) is 4. The zero-order valence-electron chi connectivity index (χ0n) is 14.8.